The van der Waals surface area contributed by atoms with Crippen molar-refractivity contribution in [2.24, 2.45) is 5.92 Å². The average molecular weight is 646 g/mol. The summed E-state index contributed by atoms with van der Waals surface area (Å²) in [4.78, 5) is 43.7. The molecule has 1 saturated heterocycles. The summed E-state index contributed by atoms with van der Waals surface area (Å²) in [6.45, 7) is 10.4. The van der Waals surface area contributed by atoms with E-state index in [1.165, 1.54) is 28.0 Å². The Kier molecular flexibility index (Phi) is 10.6. The molecule has 4 aromatic rings. The lowest BCUT2D eigenvalue weighted by Crippen LogP contribution is -2.25. The van der Waals surface area contributed by atoms with Crippen molar-refractivity contribution in [2.75, 3.05) is 42.5 Å². The van der Waals surface area contributed by atoms with Gasteiger partial charge < -0.3 is 30.9 Å². The third-order valence-electron chi connectivity index (χ3n) is 9.09. The number of nitrogens with zero attached hydrogens (tertiary/aromatic N) is 4. The van der Waals surface area contributed by atoms with E-state index >= 15 is 0 Å². The van der Waals surface area contributed by atoms with Gasteiger partial charge in [-0.05, 0) is 93.9 Å². The van der Waals surface area contributed by atoms with Gasteiger partial charge in [-0.15, -0.1) is 0 Å². The van der Waals surface area contributed by atoms with Crippen LogP contribution in [0.2, 0.25) is 0 Å². The fraction of sp³-hybridized carbons (Fsp3) is 0.429. The Bertz CT molecular complexity index is 1890. The number of carboxylic acid groups (broad SMARTS) is 1. The molecule has 5 rings (SSSR count). The topological polar surface area (TPSA) is 148 Å². The molecule has 1 unspecified atom stereocenters. The van der Waals surface area contributed by atoms with E-state index in [0.29, 0.717) is 42.6 Å². The summed E-state index contributed by atoms with van der Waals surface area (Å²) < 4.78 is 18.1. The molecule has 1 aliphatic heterocycles. The van der Waals surface area contributed by atoms with E-state index in [9.17, 15) is 23.9 Å². The highest BCUT2D eigenvalue weighted by molar-refractivity contribution is 5.93. The lowest BCUT2D eigenvalue weighted by molar-refractivity contribution is 0.0695. The maximum absolute atomic E-state index is 15.0. The second kappa shape index (κ2) is 14.8. The van der Waals surface area contributed by atoms with Crippen molar-refractivity contribution in [2.45, 2.75) is 66.0 Å². The fourth-order valence-corrected chi connectivity index (χ4v) is 6.37. The number of rotatable bonds is 14. The number of aromatic nitrogens is 3. The van der Waals surface area contributed by atoms with Crippen LogP contribution in [0.3, 0.4) is 0 Å². The number of aryl methyl sites for hydroxylation is 3. The van der Waals surface area contributed by atoms with Crippen molar-refractivity contribution < 1.29 is 14.3 Å². The van der Waals surface area contributed by atoms with E-state index in [1.54, 1.807) is 10.6 Å². The van der Waals surface area contributed by atoms with Gasteiger partial charge in [0, 0.05) is 49.5 Å². The van der Waals surface area contributed by atoms with Crippen LogP contribution in [0.1, 0.15) is 61.0 Å². The smallest absolute Gasteiger partial charge is 0.341 e. The molecule has 0 saturated carbocycles. The number of halogens is 1. The average Bonchev–Trinajstić information content (AvgIpc) is 3.50. The number of aromatic carboxylic acids is 1. The van der Waals surface area contributed by atoms with Crippen LogP contribution in [0.25, 0.3) is 10.9 Å². The summed E-state index contributed by atoms with van der Waals surface area (Å²) in [6.07, 6.45) is 5.97. The molecule has 1 fully saturated rings. The highest BCUT2D eigenvalue weighted by atomic mass is 19.1. The number of carbonyl (C=O) groups is 1. The van der Waals surface area contributed by atoms with Gasteiger partial charge in [0.15, 0.2) is 0 Å². The van der Waals surface area contributed by atoms with E-state index in [-0.39, 0.29) is 22.5 Å². The van der Waals surface area contributed by atoms with Crippen LogP contribution in [0.15, 0.2) is 52.2 Å². The quantitative estimate of drug-likeness (QED) is 0.136. The maximum atomic E-state index is 15.0. The molecular weight excluding hydrogens is 601 g/mol. The summed E-state index contributed by atoms with van der Waals surface area (Å²) in [7, 11) is 0. The number of hydrogen-bond donors (Lipinski definition) is 4. The van der Waals surface area contributed by atoms with Crippen molar-refractivity contribution >= 4 is 40.0 Å². The number of likely N-dealkylation sites (tertiary alicyclic amines) is 1. The van der Waals surface area contributed by atoms with Gasteiger partial charge in [0.25, 0.3) is 5.56 Å². The van der Waals surface area contributed by atoms with Gasteiger partial charge in [-0.25, -0.2) is 9.18 Å². The molecule has 0 radical (unpaired) electrons. The van der Waals surface area contributed by atoms with Gasteiger partial charge in [-0.1, -0.05) is 19.4 Å². The van der Waals surface area contributed by atoms with Gasteiger partial charge in [0.2, 0.25) is 11.4 Å². The Morgan fingerprint density at radius 1 is 1.11 bits per heavy atom. The number of nitrogens with one attached hydrogen (secondary N) is 2. The Balaban J connectivity index is 1.07. The molecule has 2 aromatic heterocycles. The third kappa shape index (κ3) is 7.82. The Hall–Kier alpha value is -4.71. The van der Waals surface area contributed by atoms with Crippen molar-refractivity contribution in [3.05, 3.63) is 85.7 Å². The molecule has 1 atom stereocenters. The van der Waals surface area contributed by atoms with E-state index in [4.69, 9.17) is 5.73 Å². The monoisotopic (exact) mass is 645 g/mol. The zero-order valence-corrected chi connectivity index (χ0v) is 27.3. The zero-order valence-electron chi connectivity index (χ0n) is 27.3. The lowest BCUT2D eigenvalue weighted by atomic mass is 10.1. The van der Waals surface area contributed by atoms with E-state index in [2.05, 4.69) is 40.4 Å². The van der Waals surface area contributed by atoms with Crippen LogP contribution in [0, 0.1) is 18.7 Å². The largest absolute Gasteiger partial charge is 0.477 e. The van der Waals surface area contributed by atoms with Crippen molar-refractivity contribution in [3.63, 3.8) is 0 Å². The molecule has 0 spiro atoms. The molecule has 11 nitrogen and oxygen atoms in total. The summed E-state index contributed by atoms with van der Waals surface area (Å²) in [6, 6.07) is 10.3. The van der Waals surface area contributed by atoms with Crippen LogP contribution in [0.4, 0.5) is 27.5 Å². The van der Waals surface area contributed by atoms with Crippen molar-refractivity contribution in [1.82, 2.24) is 19.0 Å². The van der Waals surface area contributed by atoms with Crippen LogP contribution >= 0.6 is 0 Å². The van der Waals surface area contributed by atoms with Gasteiger partial charge in [-0.3, -0.25) is 14.2 Å². The van der Waals surface area contributed by atoms with E-state index < -0.39 is 17.2 Å². The number of nitrogen functional groups attached to an aromatic ring is 1. The van der Waals surface area contributed by atoms with E-state index in [1.807, 2.05) is 19.1 Å². The fourth-order valence-electron chi connectivity index (χ4n) is 6.37. The molecular formula is C35H44FN7O4. The minimum Gasteiger partial charge on any atom is -0.477 e. The molecule has 12 heteroatoms. The molecule has 0 amide bonds. The first-order chi connectivity index (χ1) is 22.6. The Morgan fingerprint density at radius 3 is 2.62 bits per heavy atom. The van der Waals surface area contributed by atoms with Gasteiger partial charge in [-0.2, -0.15) is 4.98 Å². The second-order valence-electron chi connectivity index (χ2n) is 12.3. The third-order valence-corrected chi connectivity index (χ3v) is 9.09. The number of nitrogens with two attached hydrogens (primary N) is 1. The molecule has 250 valence electrons. The highest BCUT2D eigenvalue weighted by Gasteiger charge is 2.23. The van der Waals surface area contributed by atoms with Crippen LogP contribution < -0.4 is 27.4 Å². The first-order valence-electron chi connectivity index (χ1n) is 16.4. The van der Waals surface area contributed by atoms with Gasteiger partial charge in [0.1, 0.15) is 17.2 Å². The SMILES string of the molecule is CCc1cc(Nc2cc(=O)n(CCCCCN3CCC(CNc4cc5c(cc4F)c(=O)c(C(=O)O)cn5CC)C3)c(N)n2)ccc1C. The Morgan fingerprint density at radius 2 is 1.89 bits per heavy atom. The maximum Gasteiger partial charge on any atom is 0.341 e. The number of anilines is 4. The molecule has 3 heterocycles. The number of pyridine rings is 1. The zero-order chi connectivity index (χ0) is 33.7. The molecule has 47 heavy (non-hydrogen) atoms. The first kappa shape index (κ1) is 33.6. The normalized spacial score (nSPS) is 14.9. The predicted molar refractivity (Wildman–Crippen MR) is 184 cm³/mol. The second-order valence-corrected chi connectivity index (χ2v) is 12.3. The van der Waals surface area contributed by atoms with Crippen LogP contribution in [0.5, 0.6) is 0 Å². The first-order valence-corrected chi connectivity index (χ1v) is 16.4. The lowest BCUT2D eigenvalue weighted by Gasteiger charge is -2.18. The van der Waals surface area contributed by atoms with Gasteiger partial charge >= 0.3 is 5.97 Å². The summed E-state index contributed by atoms with van der Waals surface area (Å²) in [5.41, 5.74) is 9.07. The van der Waals surface area contributed by atoms with Crippen molar-refractivity contribution in [3.8, 4) is 0 Å². The standard InChI is InChI=1S/C35H44FN7O4/c1-4-24-15-25(10-9-22(24)3)39-31-18-32(44)43(35(37)40-31)13-8-6-7-12-41-14-11-23(20-41)19-38-29-17-30-26(16-28(29)36)33(45)27(34(46)47)21-42(30)5-2/h9-10,15-18,21,23,38-39H,4-8,11-14,19-20H2,1-3H3,(H2,37,40)(H,46,47). The highest BCUT2D eigenvalue weighted by Crippen LogP contribution is 2.24. The van der Waals surface area contributed by atoms with Crippen molar-refractivity contribution in [1.29, 1.82) is 0 Å². The predicted octanol–water partition coefficient (Wildman–Crippen LogP) is 5.22. The molecule has 0 aliphatic carbocycles. The minimum absolute atomic E-state index is 0.0586. The minimum atomic E-state index is -1.33. The molecule has 5 N–H and O–H groups in total. The number of hydrogen-bond acceptors (Lipinski definition) is 8. The van der Waals surface area contributed by atoms with E-state index in [0.717, 1.165) is 63.5 Å². The van der Waals surface area contributed by atoms with Crippen LogP contribution in [-0.2, 0) is 19.5 Å². The summed E-state index contributed by atoms with van der Waals surface area (Å²) in [5, 5.41) is 15.8. The summed E-state index contributed by atoms with van der Waals surface area (Å²) in [5.74, 6) is -0.923. The Labute approximate surface area is 273 Å². The number of benzene rings is 2. The molecule has 0 bridgehead atoms. The summed E-state index contributed by atoms with van der Waals surface area (Å²) >= 11 is 0. The van der Waals surface area contributed by atoms with Gasteiger partial charge in [0.05, 0.1) is 11.2 Å². The number of carboxylic acids is 1. The molecule has 2 aromatic carbocycles. The van der Waals surface area contributed by atoms with Crippen LogP contribution in [-0.4, -0.2) is 56.3 Å². The number of unbranched alkanes of at least 4 members (excludes halogenated alkanes) is 2. The number of fused-ring (bicyclic) bond motifs is 1. The molecule has 1 aliphatic rings.